The molecule has 0 aromatic heterocycles. The summed E-state index contributed by atoms with van der Waals surface area (Å²) in [6.45, 7) is 6.17. The molecule has 5 heteroatoms. The minimum absolute atomic E-state index is 0.0687. The number of rotatable bonds is 3. The number of methoxy groups -OCH3 is 1. The Morgan fingerprint density at radius 1 is 1.20 bits per heavy atom. The van der Waals surface area contributed by atoms with Gasteiger partial charge in [0, 0.05) is 6.10 Å². The van der Waals surface area contributed by atoms with Crippen molar-refractivity contribution < 1.29 is 18.8 Å². The zero-order valence-electron chi connectivity index (χ0n) is 15.1. The van der Waals surface area contributed by atoms with Crippen molar-refractivity contribution in [3.63, 3.8) is 0 Å². The molecule has 1 unspecified atom stereocenters. The van der Waals surface area contributed by atoms with E-state index in [-0.39, 0.29) is 17.7 Å². The number of esters is 1. The third-order valence-corrected chi connectivity index (χ3v) is 4.37. The van der Waals surface area contributed by atoms with E-state index >= 15 is 0 Å². The van der Waals surface area contributed by atoms with Crippen LogP contribution in [-0.4, -0.2) is 31.9 Å². The normalized spacial score (nSPS) is 19.5. The van der Waals surface area contributed by atoms with Crippen molar-refractivity contribution in [1.29, 1.82) is 0 Å². The van der Waals surface area contributed by atoms with Gasteiger partial charge in [-0.2, -0.15) is 0 Å². The highest BCUT2D eigenvalue weighted by molar-refractivity contribution is 6.63. The summed E-state index contributed by atoms with van der Waals surface area (Å²) in [5.41, 5.74) is 3.08. The largest absolute Gasteiger partial charge is 0.495 e. The van der Waals surface area contributed by atoms with Crippen LogP contribution in [-0.2, 0) is 14.0 Å². The molecule has 2 aromatic rings. The van der Waals surface area contributed by atoms with Crippen molar-refractivity contribution in [3.8, 4) is 11.1 Å². The first-order chi connectivity index (χ1) is 11.9. The van der Waals surface area contributed by atoms with E-state index in [2.05, 4.69) is 13.8 Å². The van der Waals surface area contributed by atoms with Crippen molar-refractivity contribution >= 4 is 18.6 Å². The SMILES string of the molecule is COC(=O)c1ccc(-c2ccccc2)c(B2OC(C)CC(C)(C)O2)c1. The maximum absolute atomic E-state index is 12.0. The summed E-state index contributed by atoms with van der Waals surface area (Å²) in [6, 6.07) is 15.5. The zero-order chi connectivity index (χ0) is 18.0. The van der Waals surface area contributed by atoms with Gasteiger partial charge in [-0.3, -0.25) is 0 Å². The first kappa shape index (κ1) is 17.7. The van der Waals surface area contributed by atoms with Crippen LogP contribution >= 0.6 is 0 Å². The summed E-state index contributed by atoms with van der Waals surface area (Å²) < 4.78 is 17.1. The molecular weight excluding hydrogens is 315 g/mol. The quantitative estimate of drug-likeness (QED) is 0.635. The summed E-state index contributed by atoms with van der Waals surface area (Å²) >= 11 is 0. The number of carbonyl (C=O) groups excluding carboxylic acids is 1. The molecule has 1 atom stereocenters. The molecule has 0 saturated carbocycles. The lowest BCUT2D eigenvalue weighted by atomic mass is 9.71. The smallest absolute Gasteiger partial charge is 0.465 e. The van der Waals surface area contributed by atoms with Crippen LogP contribution in [0.2, 0.25) is 0 Å². The Labute approximate surface area is 149 Å². The summed E-state index contributed by atoms with van der Waals surface area (Å²) in [4.78, 5) is 12.0. The molecule has 0 bridgehead atoms. The van der Waals surface area contributed by atoms with Crippen LogP contribution in [0.5, 0.6) is 0 Å². The second-order valence-electron chi connectivity index (χ2n) is 7.02. The van der Waals surface area contributed by atoms with E-state index in [0.717, 1.165) is 23.0 Å². The fourth-order valence-corrected chi connectivity index (χ4v) is 3.34. The average Bonchev–Trinajstić information content (AvgIpc) is 2.59. The van der Waals surface area contributed by atoms with Gasteiger partial charge in [0.1, 0.15) is 0 Å². The Bertz CT molecular complexity index is 758. The van der Waals surface area contributed by atoms with Crippen molar-refractivity contribution in [3.05, 3.63) is 54.1 Å². The summed E-state index contributed by atoms with van der Waals surface area (Å²) in [5, 5.41) is 0. The van der Waals surface area contributed by atoms with E-state index in [0.29, 0.717) is 5.56 Å². The van der Waals surface area contributed by atoms with E-state index in [1.807, 2.05) is 49.4 Å². The molecule has 1 heterocycles. The van der Waals surface area contributed by atoms with E-state index in [4.69, 9.17) is 14.0 Å². The van der Waals surface area contributed by atoms with E-state index in [1.54, 1.807) is 6.07 Å². The van der Waals surface area contributed by atoms with Crippen LogP contribution < -0.4 is 5.46 Å². The molecule has 0 amide bonds. The van der Waals surface area contributed by atoms with Gasteiger partial charge < -0.3 is 14.0 Å². The summed E-state index contributed by atoms with van der Waals surface area (Å²) in [6.07, 6.45) is 0.889. The van der Waals surface area contributed by atoms with Gasteiger partial charge in [0.25, 0.3) is 0 Å². The molecule has 3 rings (SSSR count). The highest BCUT2D eigenvalue weighted by Crippen LogP contribution is 2.28. The molecule has 0 radical (unpaired) electrons. The Kier molecular flexibility index (Phi) is 4.97. The minimum Gasteiger partial charge on any atom is -0.465 e. The Balaban J connectivity index is 2.09. The first-order valence-electron chi connectivity index (χ1n) is 8.50. The van der Waals surface area contributed by atoms with Crippen LogP contribution in [0.15, 0.2) is 48.5 Å². The van der Waals surface area contributed by atoms with E-state index in [1.165, 1.54) is 7.11 Å². The molecule has 25 heavy (non-hydrogen) atoms. The van der Waals surface area contributed by atoms with Crippen molar-refractivity contribution in [1.82, 2.24) is 0 Å². The highest BCUT2D eigenvalue weighted by Gasteiger charge is 2.39. The van der Waals surface area contributed by atoms with Crippen LogP contribution in [0.1, 0.15) is 37.6 Å². The Morgan fingerprint density at radius 2 is 1.92 bits per heavy atom. The molecule has 130 valence electrons. The molecule has 1 saturated heterocycles. The van der Waals surface area contributed by atoms with Gasteiger partial charge in [0.15, 0.2) is 0 Å². The molecule has 0 aliphatic carbocycles. The average molecular weight is 338 g/mol. The maximum Gasteiger partial charge on any atom is 0.495 e. The van der Waals surface area contributed by atoms with Crippen molar-refractivity contribution in [2.75, 3.05) is 7.11 Å². The Morgan fingerprint density at radius 3 is 2.56 bits per heavy atom. The number of hydrogen-bond donors (Lipinski definition) is 0. The van der Waals surface area contributed by atoms with Gasteiger partial charge in [0.05, 0.1) is 18.3 Å². The highest BCUT2D eigenvalue weighted by atomic mass is 16.6. The number of hydrogen-bond acceptors (Lipinski definition) is 4. The maximum atomic E-state index is 12.0. The second kappa shape index (κ2) is 7.02. The number of benzene rings is 2. The van der Waals surface area contributed by atoms with Gasteiger partial charge in [-0.1, -0.05) is 36.4 Å². The third-order valence-electron chi connectivity index (χ3n) is 4.37. The molecule has 1 fully saturated rings. The molecule has 2 aromatic carbocycles. The van der Waals surface area contributed by atoms with Gasteiger partial charge in [-0.15, -0.1) is 0 Å². The van der Waals surface area contributed by atoms with Crippen LogP contribution in [0.4, 0.5) is 0 Å². The van der Waals surface area contributed by atoms with Crippen LogP contribution in [0.25, 0.3) is 11.1 Å². The van der Waals surface area contributed by atoms with E-state index in [9.17, 15) is 4.79 Å². The molecule has 0 spiro atoms. The number of ether oxygens (including phenoxy) is 1. The lowest BCUT2D eigenvalue weighted by Crippen LogP contribution is -2.52. The number of carbonyl (C=O) groups is 1. The fraction of sp³-hybridized carbons (Fsp3) is 0.350. The molecule has 1 aliphatic heterocycles. The zero-order valence-corrected chi connectivity index (χ0v) is 15.1. The second-order valence-corrected chi connectivity index (χ2v) is 7.02. The van der Waals surface area contributed by atoms with Gasteiger partial charge >= 0.3 is 13.1 Å². The fourth-order valence-electron chi connectivity index (χ4n) is 3.34. The lowest BCUT2D eigenvalue weighted by molar-refractivity contribution is -0.0229. The lowest BCUT2D eigenvalue weighted by Gasteiger charge is -2.38. The molecule has 1 aliphatic rings. The third kappa shape index (κ3) is 3.94. The molecule has 4 nitrogen and oxygen atoms in total. The first-order valence-corrected chi connectivity index (χ1v) is 8.50. The van der Waals surface area contributed by atoms with Crippen LogP contribution in [0, 0.1) is 0 Å². The predicted octanol–water partition coefficient (Wildman–Crippen LogP) is 3.44. The predicted molar refractivity (Wildman–Crippen MR) is 98.9 cm³/mol. The van der Waals surface area contributed by atoms with Crippen LogP contribution in [0.3, 0.4) is 0 Å². The van der Waals surface area contributed by atoms with Gasteiger partial charge in [-0.25, -0.2) is 4.79 Å². The van der Waals surface area contributed by atoms with E-state index < -0.39 is 7.12 Å². The Hall–Kier alpha value is -2.11. The topological polar surface area (TPSA) is 44.8 Å². The summed E-state index contributed by atoms with van der Waals surface area (Å²) in [7, 11) is 0.852. The molecular formula is C20H23BO4. The van der Waals surface area contributed by atoms with Crippen molar-refractivity contribution in [2.24, 2.45) is 0 Å². The standard InChI is InChI=1S/C20H23BO4/c1-14-13-20(2,3)25-21(24-14)18-12-16(19(22)23-4)10-11-17(18)15-8-6-5-7-9-15/h5-12,14H,13H2,1-4H3. The van der Waals surface area contributed by atoms with Gasteiger partial charge in [-0.05, 0) is 55.9 Å². The van der Waals surface area contributed by atoms with Crippen molar-refractivity contribution in [2.45, 2.75) is 38.9 Å². The minimum atomic E-state index is -0.529. The monoisotopic (exact) mass is 338 g/mol. The summed E-state index contributed by atoms with van der Waals surface area (Å²) in [5.74, 6) is -0.371. The molecule has 0 N–H and O–H groups in total. The van der Waals surface area contributed by atoms with Gasteiger partial charge in [0.2, 0.25) is 0 Å².